The van der Waals surface area contributed by atoms with Crippen LogP contribution in [0, 0.1) is 6.92 Å². The van der Waals surface area contributed by atoms with Gasteiger partial charge >= 0.3 is 0 Å². The topological polar surface area (TPSA) is 49.2 Å². The van der Waals surface area contributed by atoms with Crippen LogP contribution in [0.1, 0.15) is 32.3 Å². The fourth-order valence-corrected chi connectivity index (χ4v) is 1.91. The number of aromatic nitrogens is 2. The molecule has 0 fully saturated rings. The second-order valence-electron chi connectivity index (χ2n) is 3.98. The van der Waals surface area contributed by atoms with Crippen LogP contribution < -0.4 is 4.90 Å². The molecule has 0 aromatic carbocycles. The molecule has 0 aliphatic heterocycles. The Kier molecular flexibility index (Phi) is 5.19. The second kappa shape index (κ2) is 6.43. The average molecular weight is 223 g/mol. The van der Waals surface area contributed by atoms with E-state index in [2.05, 4.69) is 28.9 Å². The van der Waals surface area contributed by atoms with E-state index < -0.39 is 0 Å². The van der Waals surface area contributed by atoms with Crippen molar-refractivity contribution in [1.29, 1.82) is 0 Å². The molecule has 1 aromatic rings. The minimum Gasteiger partial charge on any atom is -0.395 e. The van der Waals surface area contributed by atoms with Gasteiger partial charge in [0.05, 0.1) is 12.8 Å². The van der Waals surface area contributed by atoms with Crippen molar-refractivity contribution in [3.8, 4) is 0 Å². The first kappa shape index (κ1) is 12.9. The van der Waals surface area contributed by atoms with Gasteiger partial charge in [0.15, 0.2) is 5.82 Å². The first-order valence-corrected chi connectivity index (χ1v) is 5.89. The normalized spacial score (nSPS) is 10.8. The molecule has 0 aliphatic rings. The zero-order valence-corrected chi connectivity index (χ0v) is 10.3. The molecule has 0 unspecified atom stereocenters. The molecule has 0 bridgehead atoms. The largest absolute Gasteiger partial charge is 0.395 e. The highest BCUT2D eigenvalue weighted by molar-refractivity contribution is 5.40. The Morgan fingerprint density at radius 1 is 1.38 bits per heavy atom. The fourth-order valence-electron chi connectivity index (χ4n) is 1.91. The lowest BCUT2D eigenvalue weighted by atomic mass is 10.1. The number of aliphatic hydroxyl groups excluding tert-OH is 1. The Morgan fingerprint density at radius 3 is 2.56 bits per heavy atom. The van der Waals surface area contributed by atoms with Crippen molar-refractivity contribution in [2.45, 2.75) is 39.7 Å². The molecule has 0 spiro atoms. The van der Waals surface area contributed by atoms with E-state index in [4.69, 9.17) is 5.11 Å². The summed E-state index contributed by atoms with van der Waals surface area (Å²) in [6.07, 6.45) is 3.84. The van der Waals surface area contributed by atoms with Crippen molar-refractivity contribution in [1.82, 2.24) is 10.2 Å². The lowest BCUT2D eigenvalue weighted by Crippen LogP contribution is -2.37. The van der Waals surface area contributed by atoms with Gasteiger partial charge in [-0.15, -0.1) is 5.10 Å². The summed E-state index contributed by atoms with van der Waals surface area (Å²) < 4.78 is 0. The molecule has 90 valence electrons. The molecule has 1 aromatic heterocycles. The maximum Gasteiger partial charge on any atom is 0.151 e. The Hall–Kier alpha value is -1.16. The third-order valence-electron chi connectivity index (χ3n) is 2.80. The first-order valence-electron chi connectivity index (χ1n) is 5.89. The van der Waals surface area contributed by atoms with Gasteiger partial charge in [-0.2, -0.15) is 5.10 Å². The van der Waals surface area contributed by atoms with E-state index in [-0.39, 0.29) is 6.61 Å². The number of rotatable bonds is 6. The molecule has 1 rings (SSSR count). The van der Waals surface area contributed by atoms with Crippen LogP contribution >= 0.6 is 0 Å². The predicted octanol–water partition coefficient (Wildman–Crippen LogP) is 1.77. The Bertz CT molecular complexity index is 313. The Morgan fingerprint density at radius 2 is 2.06 bits per heavy atom. The van der Waals surface area contributed by atoms with Gasteiger partial charge in [-0.05, 0) is 31.4 Å². The quantitative estimate of drug-likeness (QED) is 0.798. The molecule has 4 nitrogen and oxygen atoms in total. The van der Waals surface area contributed by atoms with Gasteiger partial charge in [0.2, 0.25) is 0 Å². The van der Waals surface area contributed by atoms with E-state index in [1.807, 2.05) is 13.0 Å². The summed E-state index contributed by atoms with van der Waals surface area (Å²) in [5.74, 6) is 0.864. The molecule has 0 saturated heterocycles. The molecule has 1 N–H and O–H groups in total. The van der Waals surface area contributed by atoms with E-state index in [9.17, 15) is 0 Å². The van der Waals surface area contributed by atoms with Crippen molar-refractivity contribution in [3.63, 3.8) is 0 Å². The number of aryl methyl sites for hydroxylation is 1. The lowest BCUT2D eigenvalue weighted by Gasteiger charge is -2.30. The smallest absolute Gasteiger partial charge is 0.151 e. The zero-order valence-electron chi connectivity index (χ0n) is 10.3. The van der Waals surface area contributed by atoms with Crippen LogP contribution in [-0.2, 0) is 0 Å². The van der Waals surface area contributed by atoms with Crippen molar-refractivity contribution >= 4 is 5.82 Å². The van der Waals surface area contributed by atoms with Gasteiger partial charge in [-0.25, -0.2) is 0 Å². The van der Waals surface area contributed by atoms with Gasteiger partial charge in [0, 0.05) is 12.6 Å². The molecule has 0 amide bonds. The van der Waals surface area contributed by atoms with Crippen molar-refractivity contribution < 1.29 is 5.11 Å². The van der Waals surface area contributed by atoms with Crippen LogP contribution in [0.25, 0.3) is 0 Å². The maximum absolute atomic E-state index is 9.12. The van der Waals surface area contributed by atoms with E-state index in [0.29, 0.717) is 12.6 Å². The Balaban J connectivity index is 2.91. The number of aliphatic hydroxyl groups is 1. The standard InChI is InChI=1S/C12H21N3O/c1-4-11(5-2)15(6-7-16)12-8-10(3)9-13-14-12/h8-9,11,16H,4-7H2,1-3H3. The van der Waals surface area contributed by atoms with Gasteiger partial charge in [0.1, 0.15) is 0 Å². The van der Waals surface area contributed by atoms with Gasteiger partial charge < -0.3 is 10.0 Å². The summed E-state index contributed by atoms with van der Waals surface area (Å²) >= 11 is 0. The summed E-state index contributed by atoms with van der Waals surface area (Å²) in [6.45, 7) is 7.07. The summed E-state index contributed by atoms with van der Waals surface area (Å²) in [5, 5.41) is 17.2. The summed E-state index contributed by atoms with van der Waals surface area (Å²) in [7, 11) is 0. The molecular formula is C12H21N3O. The second-order valence-corrected chi connectivity index (χ2v) is 3.98. The van der Waals surface area contributed by atoms with Crippen LogP contribution in [-0.4, -0.2) is 34.5 Å². The summed E-state index contributed by atoms with van der Waals surface area (Å²) in [5.41, 5.74) is 1.10. The minimum absolute atomic E-state index is 0.145. The molecular weight excluding hydrogens is 202 g/mol. The third-order valence-corrected chi connectivity index (χ3v) is 2.80. The number of nitrogens with zero attached hydrogens (tertiary/aromatic N) is 3. The molecule has 0 atom stereocenters. The van der Waals surface area contributed by atoms with E-state index in [1.54, 1.807) is 6.20 Å². The van der Waals surface area contributed by atoms with E-state index in [1.165, 1.54) is 0 Å². The first-order chi connectivity index (χ1) is 7.72. The highest BCUT2D eigenvalue weighted by Gasteiger charge is 2.16. The van der Waals surface area contributed by atoms with Crippen molar-refractivity contribution in [2.75, 3.05) is 18.1 Å². The van der Waals surface area contributed by atoms with Crippen molar-refractivity contribution in [3.05, 3.63) is 17.8 Å². The van der Waals surface area contributed by atoms with E-state index >= 15 is 0 Å². The van der Waals surface area contributed by atoms with Gasteiger partial charge in [-0.3, -0.25) is 0 Å². The Labute approximate surface area is 97.3 Å². The lowest BCUT2D eigenvalue weighted by molar-refractivity contribution is 0.295. The molecule has 4 heteroatoms. The van der Waals surface area contributed by atoms with Crippen LogP contribution in [0.5, 0.6) is 0 Å². The zero-order chi connectivity index (χ0) is 12.0. The highest BCUT2D eigenvalue weighted by Crippen LogP contribution is 2.17. The molecule has 16 heavy (non-hydrogen) atoms. The number of hydrogen-bond donors (Lipinski definition) is 1. The maximum atomic E-state index is 9.12. The van der Waals surface area contributed by atoms with Gasteiger partial charge in [0.25, 0.3) is 0 Å². The van der Waals surface area contributed by atoms with Crippen LogP contribution in [0.2, 0.25) is 0 Å². The van der Waals surface area contributed by atoms with Crippen LogP contribution in [0.4, 0.5) is 5.82 Å². The van der Waals surface area contributed by atoms with Gasteiger partial charge in [-0.1, -0.05) is 13.8 Å². The number of anilines is 1. The monoisotopic (exact) mass is 223 g/mol. The van der Waals surface area contributed by atoms with E-state index in [0.717, 1.165) is 24.2 Å². The van der Waals surface area contributed by atoms with Crippen molar-refractivity contribution in [2.24, 2.45) is 0 Å². The molecule has 0 saturated carbocycles. The average Bonchev–Trinajstić information content (AvgIpc) is 2.29. The highest BCUT2D eigenvalue weighted by atomic mass is 16.3. The molecule has 0 radical (unpaired) electrons. The SMILES string of the molecule is CCC(CC)N(CCO)c1cc(C)cnn1. The van der Waals surface area contributed by atoms with Crippen LogP contribution in [0.3, 0.4) is 0 Å². The summed E-state index contributed by atoms with van der Waals surface area (Å²) in [6, 6.07) is 2.43. The molecule has 0 aliphatic carbocycles. The third kappa shape index (κ3) is 3.17. The summed E-state index contributed by atoms with van der Waals surface area (Å²) in [4.78, 5) is 2.14. The minimum atomic E-state index is 0.145. The molecule has 1 heterocycles. The van der Waals surface area contributed by atoms with Crippen LogP contribution in [0.15, 0.2) is 12.3 Å². The predicted molar refractivity (Wildman–Crippen MR) is 65.6 cm³/mol. The fraction of sp³-hybridized carbons (Fsp3) is 0.667. The number of hydrogen-bond acceptors (Lipinski definition) is 4.